The smallest absolute Gasteiger partial charge is 0.275 e. The van der Waals surface area contributed by atoms with E-state index in [1.165, 1.54) is 0 Å². The molecule has 0 bridgehead atoms. The van der Waals surface area contributed by atoms with Crippen molar-refractivity contribution in [2.75, 3.05) is 0 Å². The third kappa shape index (κ3) is 3.15. The average Bonchev–Trinajstić information content (AvgIpc) is 2.44. The van der Waals surface area contributed by atoms with Crippen molar-refractivity contribution < 1.29 is 9.90 Å². The van der Waals surface area contributed by atoms with Crippen LogP contribution in [0.1, 0.15) is 37.0 Å². The van der Waals surface area contributed by atoms with Crippen molar-refractivity contribution >= 4 is 22.4 Å². The fourth-order valence-corrected chi connectivity index (χ4v) is 2.03. The fraction of sp³-hybridized carbons (Fsp3) is 0.250. The van der Waals surface area contributed by atoms with Crippen LogP contribution in [0, 0.1) is 0 Å². The highest BCUT2D eigenvalue weighted by Crippen LogP contribution is 2.24. The Morgan fingerprint density at radius 2 is 1.90 bits per heavy atom. The minimum absolute atomic E-state index is 0.0375. The van der Waals surface area contributed by atoms with Gasteiger partial charge < -0.3 is 5.11 Å². The Balaban J connectivity index is 2.26. The molecule has 0 saturated carbocycles. The molecule has 0 aliphatic carbocycles. The molecule has 0 spiro atoms. The number of phenolic OH excluding ortho intramolecular Hbond substituents is 1. The largest absolute Gasteiger partial charge is 0.507 e. The van der Waals surface area contributed by atoms with Crippen LogP contribution in [0.5, 0.6) is 5.75 Å². The van der Waals surface area contributed by atoms with Gasteiger partial charge in [-0.2, -0.15) is 5.10 Å². The number of nitrogens with zero attached hydrogens (tertiary/aromatic N) is 1. The van der Waals surface area contributed by atoms with Crippen LogP contribution < -0.4 is 5.43 Å². The Morgan fingerprint density at radius 1 is 1.25 bits per heavy atom. The highest BCUT2D eigenvalue weighted by atomic mass is 16.3. The molecule has 0 aromatic heterocycles. The monoisotopic (exact) mass is 270 g/mol. The number of rotatable bonds is 4. The molecule has 2 rings (SSSR count). The molecular formula is C16H18N2O2. The summed E-state index contributed by atoms with van der Waals surface area (Å²) in [5.41, 5.74) is 3.57. The number of aromatic hydroxyl groups is 1. The van der Waals surface area contributed by atoms with E-state index >= 15 is 0 Å². The number of carbonyl (C=O) groups excluding carboxylic acids is 1. The zero-order chi connectivity index (χ0) is 14.5. The highest BCUT2D eigenvalue weighted by molar-refractivity contribution is 6.01. The van der Waals surface area contributed by atoms with E-state index in [-0.39, 0.29) is 11.3 Å². The molecule has 0 saturated heterocycles. The zero-order valence-electron chi connectivity index (χ0n) is 11.7. The molecule has 104 valence electrons. The van der Waals surface area contributed by atoms with E-state index < -0.39 is 5.91 Å². The normalized spacial score (nSPS) is 11.6. The van der Waals surface area contributed by atoms with Crippen molar-refractivity contribution in [1.29, 1.82) is 0 Å². The van der Waals surface area contributed by atoms with Crippen LogP contribution >= 0.6 is 0 Å². The van der Waals surface area contributed by atoms with Gasteiger partial charge in [0.1, 0.15) is 5.75 Å². The molecule has 2 aromatic rings. The van der Waals surface area contributed by atoms with Crippen LogP contribution in [-0.2, 0) is 0 Å². The summed E-state index contributed by atoms with van der Waals surface area (Å²) in [4.78, 5) is 12.0. The maximum atomic E-state index is 12.0. The van der Waals surface area contributed by atoms with Crippen LogP contribution in [0.25, 0.3) is 10.8 Å². The Bertz CT molecular complexity index is 663. The number of nitrogens with one attached hydrogen (secondary N) is 1. The Labute approximate surface area is 118 Å². The minimum Gasteiger partial charge on any atom is -0.507 e. The summed E-state index contributed by atoms with van der Waals surface area (Å²) >= 11 is 0. The van der Waals surface area contributed by atoms with Gasteiger partial charge in [-0.25, -0.2) is 5.43 Å². The van der Waals surface area contributed by atoms with Crippen molar-refractivity contribution in [3.05, 3.63) is 42.0 Å². The molecule has 0 aliphatic rings. The molecule has 0 fully saturated rings. The topological polar surface area (TPSA) is 61.7 Å². The first kappa shape index (κ1) is 14.1. The number of hydrogen-bond acceptors (Lipinski definition) is 3. The van der Waals surface area contributed by atoms with Gasteiger partial charge in [0, 0.05) is 5.71 Å². The number of amides is 1. The minimum atomic E-state index is -0.399. The standard InChI is InChI=1S/C16H18N2O2/c1-3-6-11(2)17-18-16(20)14-9-12-7-4-5-8-13(12)10-15(14)19/h4-5,7-10,19H,3,6H2,1-2H3,(H,18,20)/b17-11-. The highest BCUT2D eigenvalue weighted by Gasteiger charge is 2.11. The van der Waals surface area contributed by atoms with E-state index in [0.29, 0.717) is 0 Å². The van der Waals surface area contributed by atoms with Gasteiger partial charge in [-0.3, -0.25) is 4.79 Å². The SMILES string of the molecule is CCC/C(C)=N\NC(=O)c1cc2ccccc2cc1O. The molecule has 0 aliphatic heterocycles. The summed E-state index contributed by atoms with van der Waals surface area (Å²) in [5.74, 6) is -0.437. The molecule has 2 aromatic carbocycles. The van der Waals surface area contributed by atoms with E-state index in [2.05, 4.69) is 17.5 Å². The van der Waals surface area contributed by atoms with Crippen molar-refractivity contribution in [3.8, 4) is 5.75 Å². The molecule has 2 N–H and O–H groups in total. The average molecular weight is 270 g/mol. The van der Waals surface area contributed by atoms with Gasteiger partial charge in [-0.1, -0.05) is 37.6 Å². The first-order chi connectivity index (χ1) is 9.61. The van der Waals surface area contributed by atoms with Crippen molar-refractivity contribution in [2.24, 2.45) is 5.10 Å². The summed E-state index contributed by atoms with van der Waals surface area (Å²) in [7, 11) is 0. The lowest BCUT2D eigenvalue weighted by molar-refractivity contribution is 0.0952. The predicted octanol–water partition coefficient (Wildman–Crippen LogP) is 3.45. The summed E-state index contributed by atoms with van der Waals surface area (Å²) < 4.78 is 0. The second-order valence-corrected chi connectivity index (χ2v) is 4.75. The third-order valence-corrected chi connectivity index (χ3v) is 3.07. The lowest BCUT2D eigenvalue weighted by atomic mass is 10.1. The molecule has 0 heterocycles. The first-order valence-corrected chi connectivity index (χ1v) is 6.67. The maximum absolute atomic E-state index is 12.0. The zero-order valence-corrected chi connectivity index (χ0v) is 11.7. The van der Waals surface area contributed by atoms with Crippen molar-refractivity contribution in [2.45, 2.75) is 26.7 Å². The molecule has 4 heteroatoms. The quantitative estimate of drug-likeness (QED) is 0.660. The molecule has 0 atom stereocenters. The van der Waals surface area contributed by atoms with Crippen LogP contribution in [0.3, 0.4) is 0 Å². The number of hydrazone groups is 1. The summed E-state index contributed by atoms with van der Waals surface area (Å²) in [5, 5.41) is 15.8. The van der Waals surface area contributed by atoms with Gasteiger partial charge in [0.25, 0.3) is 5.91 Å². The van der Waals surface area contributed by atoms with Gasteiger partial charge in [0.2, 0.25) is 0 Å². The van der Waals surface area contributed by atoms with Crippen molar-refractivity contribution in [3.63, 3.8) is 0 Å². The molecule has 1 amide bonds. The van der Waals surface area contributed by atoms with E-state index in [9.17, 15) is 9.90 Å². The second kappa shape index (κ2) is 6.19. The molecular weight excluding hydrogens is 252 g/mol. The number of phenols is 1. The lowest BCUT2D eigenvalue weighted by Gasteiger charge is -2.06. The Kier molecular flexibility index (Phi) is 4.35. The Morgan fingerprint density at radius 3 is 2.55 bits per heavy atom. The van der Waals surface area contributed by atoms with Gasteiger partial charge in [0.15, 0.2) is 0 Å². The van der Waals surface area contributed by atoms with Gasteiger partial charge >= 0.3 is 0 Å². The predicted molar refractivity (Wildman–Crippen MR) is 81.1 cm³/mol. The van der Waals surface area contributed by atoms with Gasteiger partial charge in [-0.05, 0) is 36.2 Å². The van der Waals surface area contributed by atoms with Crippen LogP contribution in [0.15, 0.2) is 41.5 Å². The van der Waals surface area contributed by atoms with E-state index in [1.54, 1.807) is 12.1 Å². The van der Waals surface area contributed by atoms with Crippen molar-refractivity contribution in [1.82, 2.24) is 5.43 Å². The maximum Gasteiger partial charge on any atom is 0.275 e. The second-order valence-electron chi connectivity index (χ2n) is 4.75. The molecule has 0 unspecified atom stereocenters. The Hall–Kier alpha value is -2.36. The molecule has 0 radical (unpaired) electrons. The van der Waals surface area contributed by atoms with E-state index in [0.717, 1.165) is 29.3 Å². The van der Waals surface area contributed by atoms with E-state index in [4.69, 9.17) is 0 Å². The van der Waals surface area contributed by atoms with Gasteiger partial charge in [0.05, 0.1) is 5.56 Å². The number of carbonyl (C=O) groups is 1. The summed E-state index contributed by atoms with van der Waals surface area (Å²) in [6.07, 6.45) is 1.82. The summed E-state index contributed by atoms with van der Waals surface area (Å²) in [6.45, 7) is 3.92. The van der Waals surface area contributed by atoms with E-state index in [1.807, 2.05) is 31.2 Å². The molecule has 4 nitrogen and oxygen atoms in total. The number of benzene rings is 2. The van der Waals surface area contributed by atoms with Crippen LogP contribution in [0.2, 0.25) is 0 Å². The van der Waals surface area contributed by atoms with Crippen LogP contribution in [-0.4, -0.2) is 16.7 Å². The van der Waals surface area contributed by atoms with Gasteiger partial charge in [-0.15, -0.1) is 0 Å². The molecule has 20 heavy (non-hydrogen) atoms. The third-order valence-electron chi connectivity index (χ3n) is 3.07. The summed E-state index contributed by atoms with van der Waals surface area (Å²) in [6, 6.07) is 10.8. The number of hydrogen-bond donors (Lipinski definition) is 2. The van der Waals surface area contributed by atoms with Crippen LogP contribution in [0.4, 0.5) is 0 Å². The first-order valence-electron chi connectivity index (χ1n) is 6.67. The number of fused-ring (bicyclic) bond motifs is 1. The fourth-order valence-electron chi connectivity index (χ4n) is 2.03. The lowest BCUT2D eigenvalue weighted by Crippen LogP contribution is -2.19.